The van der Waals surface area contributed by atoms with E-state index in [1.807, 2.05) is 26.0 Å². The summed E-state index contributed by atoms with van der Waals surface area (Å²) in [5, 5.41) is 0. The highest BCUT2D eigenvalue weighted by atomic mass is 16.5. The molecule has 20 heavy (non-hydrogen) atoms. The van der Waals surface area contributed by atoms with Gasteiger partial charge in [0.2, 0.25) is 0 Å². The van der Waals surface area contributed by atoms with Gasteiger partial charge in [-0.3, -0.25) is 4.79 Å². The highest BCUT2D eigenvalue weighted by molar-refractivity contribution is 5.99. The van der Waals surface area contributed by atoms with Crippen molar-refractivity contribution in [1.82, 2.24) is 0 Å². The molecule has 0 fully saturated rings. The van der Waals surface area contributed by atoms with Crippen molar-refractivity contribution < 1.29 is 9.53 Å². The molecule has 0 saturated carbocycles. The minimum atomic E-state index is 0.182. The molecule has 0 aliphatic carbocycles. The number of rotatable bonds is 5. The average molecular weight is 276 g/mol. The van der Waals surface area contributed by atoms with Crippen molar-refractivity contribution in [1.29, 1.82) is 0 Å². The van der Waals surface area contributed by atoms with E-state index in [9.17, 15) is 4.79 Å². The van der Waals surface area contributed by atoms with Crippen LogP contribution < -0.4 is 4.74 Å². The fourth-order valence-corrected chi connectivity index (χ4v) is 2.82. The number of methoxy groups -OCH3 is 1. The Bertz CT molecular complexity index is 481. The van der Waals surface area contributed by atoms with Gasteiger partial charge in [0.1, 0.15) is 5.75 Å². The van der Waals surface area contributed by atoms with E-state index in [0.717, 1.165) is 28.9 Å². The zero-order chi connectivity index (χ0) is 15.5. The Morgan fingerprint density at radius 3 is 2.35 bits per heavy atom. The summed E-state index contributed by atoms with van der Waals surface area (Å²) in [6, 6.07) is 3.90. The molecule has 0 bridgehead atoms. The van der Waals surface area contributed by atoms with Gasteiger partial charge in [-0.1, -0.05) is 33.8 Å². The molecule has 1 aromatic carbocycles. The summed E-state index contributed by atoms with van der Waals surface area (Å²) >= 11 is 0. The first kappa shape index (κ1) is 16.7. The van der Waals surface area contributed by atoms with E-state index in [4.69, 9.17) is 4.74 Å². The summed E-state index contributed by atoms with van der Waals surface area (Å²) in [5.41, 5.74) is 3.19. The number of benzene rings is 1. The highest BCUT2D eigenvalue weighted by Crippen LogP contribution is 2.30. The van der Waals surface area contributed by atoms with Crippen LogP contribution in [0.2, 0.25) is 0 Å². The van der Waals surface area contributed by atoms with Crippen LogP contribution in [-0.2, 0) is 0 Å². The molecule has 0 radical (unpaired) electrons. The minimum absolute atomic E-state index is 0.182. The van der Waals surface area contributed by atoms with Crippen LogP contribution in [0.25, 0.3) is 0 Å². The Balaban J connectivity index is 2.91. The SMILES string of the molecule is COc1c(C(=O)CC(C)CC(C)(C)C)ccc(C)c1C. The van der Waals surface area contributed by atoms with Crippen molar-refractivity contribution in [3.8, 4) is 5.75 Å². The van der Waals surface area contributed by atoms with Crippen molar-refractivity contribution >= 4 is 5.78 Å². The summed E-state index contributed by atoms with van der Waals surface area (Å²) in [6.45, 7) is 12.8. The molecule has 112 valence electrons. The van der Waals surface area contributed by atoms with E-state index in [0.29, 0.717) is 12.3 Å². The first-order valence-electron chi connectivity index (χ1n) is 7.33. The third-order valence-corrected chi connectivity index (χ3v) is 3.68. The largest absolute Gasteiger partial charge is 0.496 e. The minimum Gasteiger partial charge on any atom is -0.496 e. The second-order valence-electron chi connectivity index (χ2n) is 7.09. The molecule has 0 spiro atoms. The lowest BCUT2D eigenvalue weighted by molar-refractivity contribution is 0.0951. The maximum Gasteiger partial charge on any atom is 0.166 e. The van der Waals surface area contributed by atoms with Crippen LogP contribution in [0.3, 0.4) is 0 Å². The molecule has 1 rings (SSSR count). The van der Waals surface area contributed by atoms with Gasteiger partial charge in [0.05, 0.1) is 12.7 Å². The van der Waals surface area contributed by atoms with Crippen molar-refractivity contribution in [2.75, 3.05) is 7.11 Å². The quantitative estimate of drug-likeness (QED) is 0.711. The van der Waals surface area contributed by atoms with Crippen molar-refractivity contribution in [2.24, 2.45) is 11.3 Å². The average Bonchev–Trinajstić information content (AvgIpc) is 2.29. The zero-order valence-electron chi connectivity index (χ0n) is 14.0. The normalized spacial score (nSPS) is 13.2. The van der Waals surface area contributed by atoms with Gasteiger partial charge in [-0.05, 0) is 48.8 Å². The first-order chi connectivity index (χ1) is 9.15. The second kappa shape index (κ2) is 6.43. The predicted molar refractivity (Wildman–Crippen MR) is 84.7 cm³/mol. The molecule has 2 heteroatoms. The fourth-order valence-electron chi connectivity index (χ4n) is 2.82. The highest BCUT2D eigenvalue weighted by Gasteiger charge is 2.21. The number of ether oxygens (including phenoxy) is 1. The van der Waals surface area contributed by atoms with Gasteiger partial charge in [-0.15, -0.1) is 0 Å². The van der Waals surface area contributed by atoms with Gasteiger partial charge in [0, 0.05) is 6.42 Å². The Morgan fingerprint density at radius 1 is 1.25 bits per heavy atom. The third kappa shape index (κ3) is 4.36. The van der Waals surface area contributed by atoms with Crippen LogP contribution in [0.15, 0.2) is 12.1 Å². The van der Waals surface area contributed by atoms with E-state index in [1.54, 1.807) is 7.11 Å². The molecule has 1 unspecified atom stereocenters. The van der Waals surface area contributed by atoms with Gasteiger partial charge in [0.25, 0.3) is 0 Å². The lowest BCUT2D eigenvalue weighted by Gasteiger charge is -2.23. The molecule has 0 aliphatic rings. The molecule has 0 amide bonds. The number of aryl methyl sites for hydroxylation is 1. The Kier molecular flexibility index (Phi) is 5.38. The van der Waals surface area contributed by atoms with E-state index in [1.165, 1.54) is 0 Å². The molecule has 1 aromatic rings. The van der Waals surface area contributed by atoms with E-state index in [2.05, 4.69) is 27.7 Å². The van der Waals surface area contributed by atoms with Crippen LogP contribution in [0, 0.1) is 25.2 Å². The maximum atomic E-state index is 12.5. The standard InChI is InChI=1S/C18H28O2/c1-12(11-18(4,5)6)10-16(19)15-9-8-13(2)14(3)17(15)20-7/h8-9,12H,10-11H2,1-7H3. The molecule has 0 aliphatic heterocycles. The zero-order valence-corrected chi connectivity index (χ0v) is 14.0. The van der Waals surface area contributed by atoms with Crippen LogP contribution in [0.4, 0.5) is 0 Å². The van der Waals surface area contributed by atoms with Gasteiger partial charge >= 0.3 is 0 Å². The molecular weight excluding hydrogens is 248 g/mol. The number of hydrogen-bond donors (Lipinski definition) is 0. The number of hydrogen-bond acceptors (Lipinski definition) is 2. The van der Waals surface area contributed by atoms with Gasteiger partial charge < -0.3 is 4.74 Å². The first-order valence-corrected chi connectivity index (χ1v) is 7.33. The molecule has 0 saturated heterocycles. The fraction of sp³-hybridized carbons (Fsp3) is 0.611. The predicted octanol–water partition coefficient (Wildman–Crippen LogP) is 4.96. The summed E-state index contributed by atoms with van der Waals surface area (Å²) in [5.74, 6) is 1.30. The van der Waals surface area contributed by atoms with E-state index in [-0.39, 0.29) is 11.2 Å². The molecule has 2 nitrogen and oxygen atoms in total. The van der Waals surface area contributed by atoms with Crippen molar-refractivity contribution in [2.45, 2.75) is 54.4 Å². The molecular formula is C18H28O2. The van der Waals surface area contributed by atoms with Crippen LogP contribution in [0.5, 0.6) is 5.75 Å². The Morgan fingerprint density at radius 2 is 1.85 bits per heavy atom. The number of Topliss-reactive ketones (excluding diaryl/α,β-unsaturated/α-hetero) is 1. The maximum absolute atomic E-state index is 12.5. The Hall–Kier alpha value is -1.31. The van der Waals surface area contributed by atoms with Crippen LogP contribution >= 0.6 is 0 Å². The number of carbonyl (C=O) groups excluding carboxylic acids is 1. The summed E-state index contributed by atoms with van der Waals surface area (Å²) in [6.07, 6.45) is 1.63. The number of carbonyl (C=O) groups is 1. The molecule has 0 aromatic heterocycles. The van der Waals surface area contributed by atoms with Crippen LogP contribution in [-0.4, -0.2) is 12.9 Å². The lowest BCUT2D eigenvalue weighted by Crippen LogP contribution is -2.15. The van der Waals surface area contributed by atoms with Crippen molar-refractivity contribution in [3.05, 3.63) is 28.8 Å². The van der Waals surface area contributed by atoms with E-state index < -0.39 is 0 Å². The third-order valence-electron chi connectivity index (χ3n) is 3.68. The van der Waals surface area contributed by atoms with Gasteiger partial charge in [-0.2, -0.15) is 0 Å². The molecule has 1 atom stereocenters. The molecule has 0 heterocycles. The topological polar surface area (TPSA) is 26.3 Å². The van der Waals surface area contributed by atoms with Gasteiger partial charge in [0.15, 0.2) is 5.78 Å². The monoisotopic (exact) mass is 276 g/mol. The van der Waals surface area contributed by atoms with Gasteiger partial charge in [-0.25, -0.2) is 0 Å². The lowest BCUT2D eigenvalue weighted by atomic mass is 9.82. The van der Waals surface area contributed by atoms with E-state index >= 15 is 0 Å². The second-order valence-corrected chi connectivity index (χ2v) is 7.09. The summed E-state index contributed by atoms with van der Waals surface area (Å²) < 4.78 is 5.44. The summed E-state index contributed by atoms with van der Waals surface area (Å²) in [4.78, 5) is 12.5. The molecule has 0 N–H and O–H groups in total. The smallest absolute Gasteiger partial charge is 0.166 e. The van der Waals surface area contributed by atoms with Crippen LogP contribution in [0.1, 0.15) is 62.0 Å². The summed E-state index contributed by atoms with van der Waals surface area (Å²) in [7, 11) is 1.64. The Labute approximate surface area is 123 Å². The number of ketones is 1. The van der Waals surface area contributed by atoms with Crippen molar-refractivity contribution in [3.63, 3.8) is 0 Å².